The predicted octanol–water partition coefficient (Wildman–Crippen LogP) is 1.96. The van der Waals surface area contributed by atoms with Crippen LogP contribution in [0.15, 0.2) is 47.6 Å². The van der Waals surface area contributed by atoms with Crippen molar-refractivity contribution in [2.45, 2.75) is 25.3 Å². The predicted molar refractivity (Wildman–Crippen MR) is 89.6 cm³/mol. The molecule has 124 valence electrons. The van der Waals surface area contributed by atoms with Crippen LogP contribution in [-0.2, 0) is 16.6 Å². The van der Waals surface area contributed by atoms with E-state index in [2.05, 4.69) is 24.9 Å². The highest BCUT2D eigenvalue weighted by atomic mass is 32.2. The molecule has 24 heavy (non-hydrogen) atoms. The summed E-state index contributed by atoms with van der Waals surface area (Å²) in [5, 5.41) is 6.60. The molecule has 2 heterocycles. The molecule has 2 N–H and O–H groups in total. The van der Waals surface area contributed by atoms with Gasteiger partial charge < -0.3 is 0 Å². The van der Waals surface area contributed by atoms with Crippen LogP contribution in [0.4, 0.5) is 0 Å². The molecule has 0 aliphatic carbocycles. The molecule has 0 spiro atoms. The second kappa shape index (κ2) is 6.50. The van der Waals surface area contributed by atoms with Crippen LogP contribution in [0.5, 0.6) is 0 Å². The first kappa shape index (κ1) is 16.3. The van der Waals surface area contributed by atoms with Crippen LogP contribution in [0.25, 0.3) is 11.3 Å². The van der Waals surface area contributed by atoms with Crippen molar-refractivity contribution in [1.82, 2.24) is 24.9 Å². The summed E-state index contributed by atoms with van der Waals surface area (Å²) in [6.45, 7) is 3.40. The van der Waals surface area contributed by atoms with Crippen molar-refractivity contribution in [2.75, 3.05) is 0 Å². The van der Waals surface area contributed by atoms with Gasteiger partial charge in [0, 0.05) is 5.56 Å². The Labute approximate surface area is 140 Å². The highest BCUT2D eigenvalue weighted by molar-refractivity contribution is 7.89. The minimum atomic E-state index is -3.66. The van der Waals surface area contributed by atoms with Crippen LogP contribution in [-0.4, -0.2) is 28.6 Å². The smallest absolute Gasteiger partial charge is 0.244 e. The number of benzene rings is 1. The molecule has 3 aromatic rings. The van der Waals surface area contributed by atoms with Crippen molar-refractivity contribution in [3.63, 3.8) is 0 Å². The Morgan fingerprint density at radius 2 is 1.88 bits per heavy atom. The summed E-state index contributed by atoms with van der Waals surface area (Å²) >= 11 is 0. The molecule has 0 atom stereocenters. The van der Waals surface area contributed by atoms with Crippen LogP contribution in [0.3, 0.4) is 0 Å². The standard InChI is InChI=1S/C16H17N5O2S/c1-11-16(12(2)21-20-11)24(22,23)19-9-14-8-15(18-10-17-14)13-6-4-3-5-7-13/h3-8,10,19H,9H2,1-2H3,(H,20,21). The van der Waals surface area contributed by atoms with Gasteiger partial charge in [-0.1, -0.05) is 30.3 Å². The Hall–Kier alpha value is -2.58. The number of H-pyrrole nitrogens is 1. The third kappa shape index (κ3) is 3.34. The van der Waals surface area contributed by atoms with Gasteiger partial charge in [0.15, 0.2) is 0 Å². The largest absolute Gasteiger partial charge is 0.281 e. The maximum absolute atomic E-state index is 12.4. The highest BCUT2D eigenvalue weighted by Gasteiger charge is 2.22. The van der Waals surface area contributed by atoms with Crippen molar-refractivity contribution in [3.05, 3.63) is 59.8 Å². The van der Waals surface area contributed by atoms with E-state index < -0.39 is 10.0 Å². The second-order valence-electron chi connectivity index (χ2n) is 5.35. The van der Waals surface area contributed by atoms with E-state index in [1.165, 1.54) is 6.33 Å². The third-order valence-electron chi connectivity index (χ3n) is 3.57. The molecular formula is C16H17N5O2S. The van der Waals surface area contributed by atoms with E-state index >= 15 is 0 Å². The van der Waals surface area contributed by atoms with Gasteiger partial charge in [0.1, 0.15) is 11.2 Å². The van der Waals surface area contributed by atoms with E-state index in [0.29, 0.717) is 17.1 Å². The summed E-state index contributed by atoms with van der Waals surface area (Å²) in [6, 6.07) is 11.4. The molecule has 8 heteroatoms. The van der Waals surface area contributed by atoms with Crippen molar-refractivity contribution in [1.29, 1.82) is 0 Å². The third-order valence-corrected chi connectivity index (χ3v) is 5.23. The van der Waals surface area contributed by atoms with Crippen LogP contribution in [0.1, 0.15) is 17.1 Å². The summed E-state index contributed by atoms with van der Waals surface area (Å²) in [7, 11) is -3.66. The fourth-order valence-corrected chi connectivity index (χ4v) is 3.80. The van der Waals surface area contributed by atoms with Crippen molar-refractivity contribution < 1.29 is 8.42 Å². The van der Waals surface area contributed by atoms with Gasteiger partial charge in [-0.05, 0) is 19.9 Å². The summed E-state index contributed by atoms with van der Waals surface area (Å²) in [5.74, 6) is 0. The summed E-state index contributed by atoms with van der Waals surface area (Å²) in [6.07, 6.45) is 1.43. The molecule has 0 amide bonds. The molecule has 0 bridgehead atoms. The average Bonchev–Trinajstić information content (AvgIpc) is 2.94. The van der Waals surface area contributed by atoms with Crippen LogP contribution in [0.2, 0.25) is 0 Å². The topological polar surface area (TPSA) is 101 Å². The van der Waals surface area contributed by atoms with Gasteiger partial charge in [-0.25, -0.2) is 23.1 Å². The average molecular weight is 343 g/mol. The Kier molecular flexibility index (Phi) is 4.41. The van der Waals surface area contributed by atoms with Crippen molar-refractivity contribution in [2.24, 2.45) is 0 Å². The maximum Gasteiger partial charge on any atom is 0.244 e. The number of rotatable bonds is 5. The first-order chi connectivity index (χ1) is 11.5. The van der Waals surface area contributed by atoms with Crippen LogP contribution in [0, 0.1) is 13.8 Å². The molecule has 3 rings (SSSR count). The monoisotopic (exact) mass is 343 g/mol. The lowest BCUT2D eigenvalue weighted by atomic mass is 10.1. The number of hydrogen-bond donors (Lipinski definition) is 2. The lowest BCUT2D eigenvalue weighted by Gasteiger charge is -2.07. The van der Waals surface area contributed by atoms with Crippen molar-refractivity contribution in [3.8, 4) is 11.3 Å². The van der Waals surface area contributed by atoms with Gasteiger partial charge in [-0.15, -0.1) is 0 Å². The van der Waals surface area contributed by atoms with Gasteiger partial charge in [-0.3, -0.25) is 5.10 Å². The van der Waals surface area contributed by atoms with E-state index in [1.54, 1.807) is 19.9 Å². The summed E-state index contributed by atoms with van der Waals surface area (Å²) in [5.41, 5.74) is 3.23. The molecule has 0 aliphatic rings. The molecule has 1 aromatic carbocycles. The van der Waals surface area contributed by atoms with Crippen molar-refractivity contribution >= 4 is 10.0 Å². The number of nitrogens with zero attached hydrogens (tertiary/aromatic N) is 3. The zero-order valence-corrected chi connectivity index (χ0v) is 14.1. The second-order valence-corrected chi connectivity index (χ2v) is 7.05. The number of sulfonamides is 1. The van der Waals surface area contributed by atoms with E-state index in [-0.39, 0.29) is 11.4 Å². The number of hydrogen-bond acceptors (Lipinski definition) is 5. The molecule has 0 aliphatic heterocycles. The quantitative estimate of drug-likeness (QED) is 0.737. The Balaban J connectivity index is 1.80. The Morgan fingerprint density at radius 1 is 1.12 bits per heavy atom. The summed E-state index contributed by atoms with van der Waals surface area (Å²) in [4.78, 5) is 8.54. The van der Waals surface area contributed by atoms with E-state index in [4.69, 9.17) is 0 Å². The van der Waals surface area contributed by atoms with E-state index in [9.17, 15) is 8.42 Å². The molecule has 0 saturated heterocycles. The molecule has 0 unspecified atom stereocenters. The van der Waals surface area contributed by atoms with Crippen LogP contribution >= 0.6 is 0 Å². The lowest BCUT2D eigenvalue weighted by molar-refractivity contribution is 0.579. The SMILES string of the molecule is Cc1n[nH]c(C)c1S(=O)(=O)NCc1cc(-c2ccccc2)ncn1. The van der Waals surface area contributed by atoms with Gasteiger partial charge in [0.2, 0.25) is 10.0 Å². The molecule has 0 saturated carbocycles. The number of aromatic amines is 1. The van der Waals surface area contributed by atoms with E-state index in [1.807, 2.05) is 30.3 Å². The van der Waals surface area contributed by atoms with Gasteiger partial charge in [-0.2, -0.15) is 5.10 Å². The lowest BCUT2D eigenvalue weighted by Crippen LogP contribution is -2.24. The minimum absolute atomic E-state index is 0.0781. The molecule has 7 nitrogen and oxygen atoms in total. The number of aryl methyl sites for hydroxylation is 2. The maximum atomic E-state index is 12.4. The van der Waals surface area contributed by atoms with Gasteiger partial charge in [0.05, 0.1) is 29.3 Å². The molecular weight excluding hydrogens is 326 g/mol. The number of nitrogens with one attached hydrogen (secondary N) is 2. The fourth-order valence-electron chi connectivity index (χ4n) is 2.44. The molecule has 2 aromatic heterocycles. The number of aromatic nitrogens is 4. The molecule has 0 radical (unpaired) electrons. The molecule has 0 fully saturated rings. The van der Waals surface area contributed by atoms with Crippen LogP contribution < -0.4 is 4.72 Å². The Bertz CT molecular complexity index is 932. The van der Waals surface area contributed by atoms with Gasteiger partial charge >= 0.3 is 0 Å². The normalized spacial score (nSPS) is 11.6. The summed E-state index contributed by atoms with van der Waals surface area (Å²) < 4.78 is 27.5. The zero-order valence-electron chi connectivity index (χ0n) is 13.3. The Morgan fingerprint density at radius 3 is 2.54 bits per heavy atom. The van der Waals surface area contributed by atoms with E-state index in [0.717, 1.165) is 11.3 Å². The first-order valence-electron chi connectivity index (χ1n) is 7.35. The minimum Gasteiger partial charge on any atom is -0.281 e. The highest BCUT2D eigenvalue weighted by Crippen LogP contribution is 2.18. The first-order valence-corrected chi connectivity index (χ1v) is 8.83. The zero-order chi connectivity index (χ0) is 17.2. The van der Waals surface area contributed by atoms with Gasteiger partial charge in [0.25, 0.3) is 0 Å². The fraction of sp³-hybridized carbons (Fsp3) is 0.188.